The molecule has 2 heterocycles. The van der Waals surface area contributed by atoms with Crippen LogP contribution in [-0.4, -0.2) is 42.1 Å². The number of rotatable bonds is 4. The van der Waals surface area contributed by atoms with Gasteiger partial charge in [-0.2, -0.15) is 0 Å². The van der Waals surface area contributed by atoms with Crippen molar-refractivity contribution in [3.05, 3.63) is 29.8 Å². The molecule has 1 aromatic carbocycles. The molecule has 0 bridgehead atoms. The lowest BCUT2D eigenvalue weighted by Gasteiger charge is -2.34. The molecule has 0 aliphatic carbocycles. The topological polar surface area (TPSA) is 49.9 Å². The van der Waals surface area contributed by atoms with E-state index in [4.69, 9.17) is 4.74 Å². The van der Waals surface area contributed by atoms with E-state index in [9.17, 15) is 9.59 Å². The van der Waals surface area contributed by atoms with Gasteiger partial charge in [-0.25, -0.2) is 4.79 Å². The lowest BCUT2D eigenvalue weighted by Crippen LogP contribution is -2.42. The fourth-order valence-electron chi connectivity index (χ4n) is 4.01. The van der Waals surface area contributed by atoms with E-state index < -0.39 is 5.60 Å². The van der Waals surface area contributed by atoms with Crippen molar-refractivity contribution in [3.63, 3.8) is 0 Å². The van der Waals surface area contributed by atoms with Gasteiger partial charge in [-0.05, 0) is 70.4 Å². The van der Waals surface area contributed by atoms with Crippen LogP contribution in [0.4, 0.5) is 10.5 Å². The summed E-state index contributed by atoms with van der Waals surface area (Å²) in [5.41, 5.74) is 1.93. The summed E-state index contributed by atoms with van der Waals surface area (Å²) in [6.45, 7) is 8.03. The maximum absolute atomic E-state index is 12.3. The Morgan fingerprint density at radius 2 is 1.85 bits per heavy atom. The van der Waals surface area contributed by atoms with Gasteiger partial charge in [0, 0.05) is 31.7 Å². The van der Waals surface area contributed by atoms with E-state index in [0.717, 1.165) is 57.4 Å². The number of likely N-dealkylation sites (tertiary alicyclic amines) is 1. The number of fused-ring (bicyclic) bond motifs is 1. The molecular formula is C22H32N2O3. The molecule has 27 heavy (non-hydrogen) atoms. The predicted octanol–water partition coefficient (Wildman–Crippen LogP) is 4.39. The number of carbonyl (C=O) groups excluding carboxylic acids is 2. The Hall–Kier alpha value is -2.04. The van der Waals surface area contributed by atoms with Gasteiger partial charge in [-0.3, -0.25) is 4.79 Å². The van der Waals surface area contributed by atoms with E-state index in [1.54, 1.807) is 0 Å². The van der Waals surface area contributed by atoms with Crippen LogP contribution in [0.3, 0.4) is 0 Å². The summed E-state index contributed by atoms with van der Waals surface area (Å²) < 4.78 is 5.46. The standard InChI is InChI=1S/C22H32N2O3/c1-22(2,3)27-21(26)23-15-12-17(13-16-23)7-6-14-24-19-9-5-4-8-18(19)10-11-20(24)25/h4-5,8-9,17H,6-7,10-16H2,1-3H3. The number of nitrogens with zero attached hydrogens (tertiary/aromatic N) is 2. The van der Waals surface area contributed by atoms with Crippen LogP contribution < -0.4 is 4.90 Å². The molecule has 0 N–H and O–H groups in total. The van der Waals surface area contributed by atoms with Gasteiger partial charge in [0.05, 0.1) is 0 Å². The number of carbonyl (C=O) groups is 2. The fraction of sp³-hybridized carbons (Fsp3) is 0.636. The first kappa shape index (κ1) is 19.7. The first-order chi connectivity index (χ1) is 12.8. The molecule has 0 radical (unpaired) electrons. The first-order valence-electron chi connectivity index (χ1n) is 10.2. The highest BCUT2D eigenvalue weighted by atomic mass is 16.6. The van der Waals surface area contributed by atoms with Gasteiger partial charge in [0.2, 0.25) is 5.91 Å². The second-order valence-corrected chi connectivity index (χ2v) is 8.73. The van der Waals surface area contributed by atoms with E-state index in [2.05, 4.69) is 12.1 Å². The maximum Gasteiger partial charge on any atom is 0.410 e. The van der Waals surface area contributed by atoms with Crippen molar-refractivity contribution in [2.75, 3.05) is 24.5 Å². The van der Waals surface area contributed by atoms with Crippen LogP contribution in [0, 0.1) is 5.92 Å². The first-order valence-corrected chi connectivity index (χ1v) is 10.2. The summed E-state index contributed by atoms with van der Waals surface area (Å²) in [4.78, 5) is 28.3. The maximum atomic E-state index is 12.3. The second-order valence-electron chi connectivity index (χ2n) is 8.73. The molecule has 5 heteroatoms. The zero-order valence-corrected chi connectivity index (χ0v) is 16.9. The number of hydrogen-bond acceptors (Lipinski definition) is 3. The molecule has 0 saturated carbocycles. The van der Waals surface area contributed by atoms with Crippen molar-refractivity contribution >= 4 is 17.7 Å². The van der Waals surface area contributed by atoms with Gasteiger partial charge in [0.15, 0.2) is 0 Å². The Morgan fingerprint density at radius 3 is 2.56 bits per heavy atom. The molecule has 1 saturated heterocycles. The average molecular weight is 373 g/mol. The largest absolute Gasteiger partial charge is 0.444 e. The van der Waals surface area contributed by atoms with Gasteiger partial charge in [0.25, 0.3) is 0 Å². The lowest BCUT2D eigenvalue weighted by atomic mass is 9.92. The molecule has 0 spiro atoms. The average Bonchev–Trinajstić information content (AvgIpc) is 2.62. The molecule has 2 aliphatic rings. The Labute approximate surface area is 162 Å². The van der Waals surface area contributed by atoms with Crippen molar-refractivity contribution in [1.29, 1.82) is 0 Å². The van der Waals surface area contributed by atoms with E-state index in [0.29, 0.717) is 12.3 Å². The number of aryl methyl sites for hydroxylation is 1. The minimum Gasteiger partial charge on any atom is -0.444 e. The number of para-hydroxylation sites is 1. The molecule has 3 rings (SSSR count). The highest BCUT2D eigenvalue weighted by Gasteiger charge is 2.27. The molecule has 2 amide bonds. The minimum atomic E-state index is -0.439. The number of ether oxygens (including phenoxy) is 1. The number of amides is 2. The Bertz CT molecular complexity index is 672. The van der Waals surface area contributed by atoms with Gasteiger partial charge in [-0.1, -0.05) is 18.2 Å². The predicted molar refractivity (Wildman–Crippen MR) is 107 cm³/mol. The molecule has 0 unspecified atom stereocenters. The van der Waals surface area contributed by atoms with Crippen molar-refractivity contribution in [2.45, 2.75) is 64.9 Å². The van der Waals surface area contributed by atoms with Gasteiger partial charge in [0.1, 0.15) is 5.60 Å². The molecule has 2 aliphatic heterocycles. The van der Waals surface area contributed by atoms with Crippen molar-refractivity contribution < 1.29 is 14.3 Å². The summed E-state index contributed by atoms with van der Waals surface area (Å²) >= 11 is 0. The minimum absolute atomic E-state index is 0.198. The molecular weight excluding hydrogens is 340 g/mol. The van der Waals surface area contributed by atoms with Crippen LogP contribution in [0.5, 0.6) is 0 Å². The van der Waals surface area contributed by atoms with E-state index in [1.807, 2.05) is 42.7 Å². The van der Waals surface area contributed by atoms with Crippen molar-refractivity contribution in [1.82, 2.24) is 4.90 Å². The normalized spacial score (nSPS) is 18.4. The van der Waals surface area contributed by atoms with E-state index in [-0.39, 0.29) is 12.0 Å². The van der Waals surface area contributed by atoms with Crippen LogP contribution >= 0.6 is 0 Å². The Balaban J connectivity index is 1.43. The summed E-state index contributed by atoms with van der Waals surface area (Å²) in [6.07, 6.45) is 5.43. The van der Waals surface area contributed by atoms with Crippen molar-refractivity contribution in [3.8, 4) is 0 Å². The van der Waals surface area contributed by atoms with Crippen LogP contribution in [0.15, 0.2) is 24.3 Å². The quantitative estimate of drug-likeness (QED) is 0.787. The van der Waals surface area contributed by atoms with Crippen molar-refractivity contribution in [2.24, 2.45) is 5.92 Å². The molecule has 1 fully saturated rings. The second kappa shape index (κ2) is 8.32. The lowest BCUT2D eigenvalue weighted by molar-refractivity contribution is -0.118. The smallest absolute Gasteiger partial charge is 0.410 e. The zero-order chi connectivity index (χ0) is 19.4. The summed E-state index contributed by atoms with van der Waals surface area (Å²) in [7, 11) is 0. The Kier molecular flexibility index (Phi) is 6.08. The fourth-order valence-corrected chi connectivity index (χ4v) is 4.01. The number of anilines is 1. The molecule has 0 aromatic heterocycles. The number of piperidine rings is 1. The summed E-state index contributed by atoms with van der Waals surface area (Å²) in [5, 5.41) is 0. The number of benzene rings is 1. The molecule has 1 aromatic rings. The summed E-state index contributed by atoms with van der Waals surface area (Å²) in [5.74, 6) is 0.868. The highest BCUT2D eigenvalue weighted by Crippen LogP contribution is 2.29. The number of hydrogen-bond donors (Lipinski definition) is 0. The third-order valence-electron chi connectivity index (χ3n) is 5.45. The monoisotopic (exact) mass is 372 g/mol. The Morgan fingerprint density at radius 1 is 1.15 bits per heavy atom. The molecule has 148 valence electrons. The van der Waals surface area contributed by atoms with Gasteiger partial charge < -0.3 is 14.5 Å². The van der Waals surface area contributed by atoms with Crippen LogP contribution in [-0.2, 0) is 16.0 Å². The SMILES string of the molecule is CC(C)(C)OC(=O)N1CCC(CCCN2C(=O)CCc3ccccc32)CC1. The van der Waals surface area contributed by atoms with Crippen LogP contribution in [0.2, 0.25) is 0 Å². The van der Waals surface area contributed by atoms with E-state index in [1.165, 1.54) is 5.56 Å². The van der Waals surface area contributed by atoms with Crippen LogP contribution in [0.1, 0.15) is 58.4 Å². The van der Waals surface area contributed by atoms with Gasteiger partial charge in [-0.15, -0.1) is 0 Å². The third-order valence-corrected chi connectivity index (χ3v) is 5.45. The van der Waals surface area contributed by atoms with Crippen LogP contribution in [0.25, 0.3) is 0 Å². The zero-order valence-electron chi connectivity index (χ0n) is 16.9. The highest BCUT2D eigenvalue weighted by molar-refractivity contribution is 5.96. The summed E-state index contributed by atoms with van der Waals surface area (Å²) in [6, 6.07) is 8.24. The van der Waals surface area contributed by atoms with E-state index >= 15 is 0 Å². The third kappa shape index (κ3) is 5.24. The van der Waals surface area contributed by atoms with Gasteiger partial charge >= 0.3 is 6.09 Å². The molecule has 5 nitrogen and oxygen atoms in total. The molecule has 0 atom stereocenters.